The number of hydrogen-bond donors (Lipinski definition) is 0. The Kier molecular flexibility index (Phi) is 3.99. The van der Waals surface area contributed by atoms with Gasteiger partial charge >= 0.3 is 0 Å². The van der Waals surface area contributed by atoms with Crippen molar-refractivity contribution in [2.45, 2.75) is 25.8 Å². The van der Waals surface area contributed by atoms with Gasteiger partial charge in [0.25, 0.3) is 5.91 Å². The molecule has 0 atom stereocenters. The molecule has 0 saturated heterocycles. The summed E-state index contributed by atoms with van der Waals surface area (Å²) in [5, 5.41) is 0. The maximum atomic E-state index is 11.9. The van der Waals surface area contributed by atoms with Gasteiger partial charge in [-0.1, -0.05) is 0 Å². The van der Waals surface area contributed by atoms with Crippen LogP contribution >= 0.6 is 15.9 Å². The second-order valence-electron chi connectivity index (χ2n) is 4.04. The molecule has 1 aromatic rings. The number of nitrogens with zero attached hydrogens (tertiary/aromatic N) is 2. The normalized spacial score (nSPS) is 14.5. The van der Waals surface area contributed by atoms with Crippen molar-refractivity contribution < 1.29 is 9.53 Å². The van der Waals surface area contributed by atoms with Crippen LogP contribution in [0.15, 0.2) is 22.9 Å². The molecular weight excluding hydrogens is 284 g/mol. The maximum absolute atomic E-state index is 11.9. The van der Waals surface area contributed by atoms with Gasteiger partial charge in [0.05, 0.1) is 6.20 Å². The van der Waals surface area contributed by atoms with E-state index in [-0.39, 0.29) is 12.5 Å². The molecule has 0 aromatic carbocycles. The lowest BCUT2D eigenvalue weighted by atomic mass is 10.4. The number of rotatable bonds is 5. The number of pyridine rings is 1. The minimum Gasteiger partial charge on any atom is -0.482 e. The highest BCUT2D eigenvalue weighted by Gasteiger charge is 2.31. The molecule has 2 rings (SSSR count). The Hall–Kier alpha value is -1.10. The first kappa shape index (κ1) is 12.4. The highest BCUT2D eigenvalue weighted by atomic mass is 79.9. The fraction of sp³-hybridized carbons (Fsp3) is 0.500. The molecule has 92 valence electrons. The van der Waals surface area contributed by atoms with E-state index in [1.54, 1.807) is 18.5 Å². The van der Waals surface area contributed by atoms with Gasteiger partial charge in [0.1, 0.15) is 5.75 Å². The Bertz CT molecular complexity index is 407. The van der Waals surface area contributed by atoms with Crippen molar-refractivity contribution in [1.82, 2.24) is 9.88 Å². The molecule has 1 amide bonds. The molecule has 0 unspecified atom stereocenters. The molecule has 0 bridgehead atoms. The number of hydrogen-bond acceptors (Lipinski definition) is 3. The smallest absolute Gasteiger partial charge is 0.260 e. The zero-order valence-electron chi connectivity index (χ0n) is 9.73. The van der Waals surface area contributed by atoms with Gasteiger partial charge in [-0.3, -0.25) is 9.78 Å². The second kappa shape index (κ2) is 5.49. The van der Waals surface area contributed by atoms with Gasteiger partial charge in [-0.2, -0.15) is 0 Å². The second-order valence-corrected chi connectivity index (χ2v) is 4.95. The van der Waals surface area contributed by atoms with Crippen LogP contribution in [0.1, 0.15) is 19.8 Å². The highest BCUT2D eigenvalue weighted by Crippen LogP contribution is 2.26. The first-order valence-electron chi connectivity index (χ1n) is 5.73. The van der Waals surface area contributed by atoms with Crippen molar-refractivity contribution in [3.63, 3.8) is 0 Å². The van der Waals surface area contributed by atoms with Crippen LogP contribution in [0.2, 0.25) is 0 Å². The number of carbonyl (C=O) groups excluding carboxylic acids is 1. The number of amides is 1. The van der Waals surface area contributed by atoms with Gasteiger partial charge in [0, 0.05) is 23.3 Å². The van der Waals surface area contributed by atoms with E-state index in [2.05, 4.69) is 20.9 Å². The van der Waals surface area contributed by atoms with Crippen molar-refractivity contribution in [3.8, 4) is 5.75 Å². The Morgan fingerprint density at radius 3 is 2.94 bits per heavy atom. The summed E-state index contributed by atoms with van der Waals surface area (Å²) in [6.07, 6.45) is 5.53. The number of halogens is 1. The number of carbonyl (C=O) groups is 1. The third kappa shape index (κ3) is 3.43. The number of likely N-dealkylation sites (N-methyl/N-ethyl adjacent to an activating group) is 1. The van der Waals surface area contributed by atoms with Crippen molar-refractivity contribution in [3.05, 3.63) is 22.9 Å². The minimum absolute atomic E-state index is 0.0509. The third-order valence-electron chi connectivity index (χ3n) is 2.69. The van der Waals surface area contributed by atoms with Gasteiger partial charge in [0.15, 0.2) is 6.61 Å². The Morgan fingerprint density at radius 2 is 2.35 bits per heavy atom. The van der Waals surface area contributed by atoms with E-state index in [9.17, 15) is 4.79 Å². The molecule has 17 heavy (non-hydrogen) atoms. The lowest BCUT2D eigenvalue weighted by Crippen LogP contribution is -2.36. The minimum atomic E-state index is 0.0509. The zero-order valence-corrected chi connectivity index (χ0v) is 11.3. The van der Waals surface area contributed by atoms with Crippen LogP contribution in [0.25, 0.3) is 0 Å². The third-order valence-corrected chi connectivity index (χ3v) is 3.12. The van der Waals surface area contributed by atoms with Crippen LogP contribution in [0.5, 0.6) is 5.75 Å². The summed E-state index contributed by atoms with van der Waals surface area (Å²) in [7, 11) is 0. The standard InChI is InChI=1S/C12H15BrN2O2/c1-2-15(10-3-4-10)12(16)8-17-11-5-9(13)6-14-7-11/h5-7,10H,2-4,8H2,1H3. The lowest BCUT2D eigenvalue weighted by molar-refractivity contribution is -0.133. The molecule has 1 aliphatic rings. The molecule has 4 nitrogen and oxygen atoms in total. The summed E-state index contributed by atoms with van der Waals surface area (Å²) in [4.78, 5) is 17.7. The van der Waals surface area contributed by atoms with Crippen molar-refractivity contribution in [1.29, 1.82) is 0 Å². The zero-order chi connectivity index (χ0) is 12.3. The van der Waals surface area contributed by atoms with Crippen LogP contribution < -0.4 is 4.74 Å². The monoisotopic (exact) mass is 298 g/mol. The van der Waals surface area contributed by atoms with Gasteiger partial charge in [-0.05, 0) is 41.8 Å². The molecule has 1 aliphatic carbocycles. The summed E-state index contributed by atoms with van der Waals surface area (Å²) in [6.45, 7) is 2.84. The molecule has 0 N–H and O–H groups in total. The van der Waals surface area contributed by atoms with Crippen molar-refractivity contribution >= 4 is 21.8 Å². The van der Waals surface area contributed by atoms with E-state index in [4.69, 9.17) is 4.74 Å². The van der Waals surface area contributed by atoms with Crippen LogP contribution in [0.4, 0.5) is 0 Å². The van der Waals surface area contributed by atoms with Gasteiger partial charge in [0.2, 0.25) is 0 Å². The molecule has 5 heteroatoms. The molecule has 0 aliphatic heterocycles. The summed E-state index contributed by atoms with van der Waals surface area (Å²) < 4.78 is 6.27. The molecule has 1 saturated carbocycles. The molecule has 1 aromatic heterocycles. The van der Waals surface area contributed by atoms with E-state index >= 15 is 0 Å². The first-order valence-corrected chi connectivity index (χ1v) is 6.53. The predicted octanol–water partition coefficient (Wildman–Crippen LogP) is 2.23. The fourth-order valence-electron chi connectivity index (χ4n) is 1.72. The molecule has 0 radical (unpaired) electrons. The quantitative estimate of drug-likeness (QED) is 0.837. The van der Waals surface area contributed by atoms with Crippen LogP contribution in [-0.4, -0.2) is 35.0 Å². The first-order chi connectivity index (χ1) is 8.20. The van der Waals surface area contributed by atoms with Gasteiger partial charge < -0.3 is 9.64 Å². The fourth-order valence-corrected chi connectivity index (χ4v) is 2.07. The van der Waals surface area contributed by atoms with Crippen LogP contribution in [0, 0.1) is 0 Å². The van der Waals surface area contributed by atoms with E-state index in [1.807, 2.05) is 11.8 Å². The summed E-state index contributed by atoms with van der Waals surface area (Å²) in [6, 6.07) is 2.24. The van der Waals surface area contributed by atoms with E-state index < -0.39 is 0 Å². The van der Waals surface area contributed by atoms with Gasteiger partial charge in [-0.15, -0.1) is 0 Å². The molecule has 1 heterocycles. The highest BCUT2D eigenvalue weighted by molar-refractivity contribution is 9.10. The van der Waals surface area contributed by atoms with Crippen LogP contribution in [-0.2, 0) is 4.79 Å². The molecule has 1 fully saturated rings. The lowest BCUT2D eigenvalue weighted by Gasteiger charge is -2.20. The summed E-state index contributed by atoms with van der Waals surface area (Å²) in [5.41, 5.74) is 0. The number of aromatic nitrogens is 1. The summed E-state index contributed by atoms with van der Waals surface area (Å²) in [5.74, 6) is 0.662. The van der Waals surface area contributed by atoms with E-state index in [1.165, 1.54) is 0 Å². The maximum Gasteiger partial charge on any atom is 0.260 e. The van der Waals surface area contributed by atoms with E-state index in [0.29, 0.717) is 11.8 Å². The topological polar surface area (TPSA) is 42.4 Å². The van der Waals surface area contributed by atoms with Gasteiger partial charge in [-0.25, -0.2) is 0 Å². The largest absolute Gasteiger partial charge is 0.482 e. The Morgan fingerprint density at radius 1 is 1.59 bits per heavy atom. The Balaban J connectivity index is 1.86. The Labute approximate surface area is 109 Å². The van der Waals surface area contributed by atoms with Crippen molar-refractivity contribution in [2.24, 2.45) is 0 Å². The average Bonchev–Trinajstić information content (AvgIpc) is 3.12. The SMILES string of the molecule is CCN(C(=O)COc1cncc(Br)c1)C1CC1. The molecule has 0 spiro atoms. The number of ether oxygens (including phenoxy) is 1. The van der Waals surface area contributed by atoms with E-state index in [0.717, 1.165) is 23.9 Å². The summed E-state index contributed by atoms with van der Waals surface area (Å²) >= 11 is 3.31. The molecular formula is C12H15BrN2O2. The van der Waals surface area contributed by atoms with Crippen molar-refractivity contribution in [2.75, 3.05) is 13.2 Å². The predicted molar refractivity (Wildman–Crippen MR) is 67.8 cm³/mol. The van der Waals surface area contributed by atoms with Crippen LogP contribution in [0.3, 0.4) is 0 Å². The average molecular weight is 299 g/mol.